The van der Waals surface area contributed by atoms with Gasteiger partial charge in [-0.25, -0.2) is 9.59 Å². The number of nitrogens with zero attached hydrogens (tertiary/aromatic N) is 3. The van der Waals surface area contributed by atoms with Gasteiger partial charge in [0.2, 0.25) is 5.91 Å². The fraction of sp³-hybridized carbons (Fsp3) is 0.722. The van der Waals surface area contributed by atoms with Gasteiger partial charge in [-0.15, -0.1) is 0 Å². The molecule has 2 aliphatic heterocycles. The first-order valence-corrected chi connectivity index (χ1v) is 10.1. The van der Waals surface area contributed by atoms with E-state index in [9.17, 15) is 24.1 Å². The second kappa shape index (κ2) is 9.01. The highest BCUT2D eigenvalue weighted by Crippen LogP contribution is 2.32. The van der Waals surface area contributed by atoms with Crippen LogP contribution in [0.2, 0.25) is 0 Å². The van der Waals surface area contributed by atoms with Gasteiger partial charge in [-0.05, 0) is 24.8 Å². The van der Waals surface area contributed by atoms with Crippen molar-refractivity contribution in [3.05, 3.63) is 12.7 Å². The van der Waals surface area contributed by atoms with Crippen LogP contribution in [0.3, 0.4) is 0 Å². The Kier molecular flexibility index (Phi) is 7.17. The molecule has 0 saturated carbocycles. The number of hydrogen-bond donors (Lipinski definition) is 1. The summed E-state index contributed by atoms with van der Waals surface area (Å²) in [6, 6.07) is -1.41. The number of carboxylic acids is 1. The topological polar surface area (TPSA) is 107 Å². The minimum absolute atomic E-state index is 0.0410. The third kappa shape index (κ3) is 4.70. The number of carbonyl (C=O) groups is 3. The molecule has 2 fully saturated rings. The number of carbonyl (C=O) groups excluding carboxylic acids is 2. The maximum Gasteiger partial charge on any atom is 0.326 e. The molecule has 1 N–H and O–H groups in total. The minimum atomic E-state index is -1.09. The maximum atomic E-state index is 12.9. The standard InChI is InChI=1S/C18H28N3O6P/c1-5-14(22)21-10-18(27-11-21)6-7-20(9-18)17(25)19(4)15(16(23)24)12(2)8-13(3)28-26/h5,12-13,15H,1,6-11H2,2-4H3,(H,23,24)/t12?,13?,15-,18+/m0/s1. The van der Waals surface area contributed by atoms with E-state index in [0.717, 1.165) is 0 Å². The zero-order valence-corrected chi connectivity index (χ0v) is 17.4. The van der Waals surface area contributed by atoms with Gasteiger partial charge in [0.05, 0.1) is 13.1 Å². The van der Waals surface area contributed by atoms with Gasteiger partial charge >= 0.3 is 12.0 Å². The number of likely N-dealkylation sites (tertiary alicyclic amines) is 1. The molecular weight excluding hydrogens is 385 g/mol. The Morgan fingerprint density at radius 2 is 1.96 bits per heavy atom. The van der Waals surface area contributed by atoms with Crippen LogP contribution in [-0.2, 0) is 18.9 Å². The second-order valence-corrected chi connectivity index (χ2v) is 8.80. The fourth-order valence-corrected chi connectivity index (χ4v) is 4.44. The van der Waals surface area contributed by atoms with Crippen LogP contribution in [-0.4, -0.2) is 88.4 Å². The van der Waals surface area contributed by atoms with Gasteiger partial charge in [0, 0.05) is 19.3 Å². The van der Waals surface area contributed by atoms with Crippen LogP contribution < -0.4 is 0 Å². The summed E-state index contributed by atoms with van der Waals surface area (Å²) in [4.78, 5) is 40.9. The lowest BCUT2D eigenvalue weighted by atomic mass is 9.95. The number of amides is 3. The monoisotopic (exact) mass is 413 g/mol. The number of ether oxygens (including phenoxy) is 1. The summed E-state index contributed by atoms with van der Waals surface area (Å²) in [5.41, 5.74) is -0.800. The average Bonchev–Trinajstić information content (AvgIpc) is 3.27. The molecule has 2 rings (SSSR count). The first-order chi connectivity index (χ1) is 13.1. The predicted molar refractivity (Wildman–Crippen MR) is 102 cm³/mol. The average molecular weight is 413 g/mol. The summed E-state index contributed by atoms with van der Waals surface area (Å²) in [5, 5.41) is 9.65. The minimum Gasteiger partial charge on any atom is -0.480 e. The van der Waals surface area contributed by atoms with Gasteiger partial charge in [0.25, 0.3) is 0 Å². The quantitative estimate of drug-likeness (QED) is 0.502. The van der Waals surface area contributed by atoms with Gasteiger partial charge in [-0.2, -0.15) is 0 Å². The second-order valence-electron chi connectivity index (χ2n) is 7.71. The number of aliphatic carboxylic acids is 1. The highest BCUT2D eigenvalue weighted by Gasteiger charge is 2.48. The Balaban J connectivity index is 2.04. The van der Waals surface area contributed by atoms with E-state index < -0.39 is 17.6 Å². The normalized spacial score (nSPS) is 25.0. The Morgan fingerprint density at radius 3 is 2.54 bits per heavy atom. The summed E-state index contributed by atoms with van der Waals surface area (Å²) < 4.78 is 16.8. The summed E-state index contributed by atoms with van der Waals surface area (Å²) in [5.74, 6) is -1.67. The Morgan fingerprint density at radius 1 is 1.32 bits per heavy atom. The van der Waals surface area contributed by atoms with Crippen LogP contribution in [0.1, 0.15) is 26.7 Å². The van der Waals surface area contributed by atoms with E-state index in [0.29, 0.717) is 32.5 Å². The molecule has 2 heterocycles. The van der Waals surface area contributed by atoms with E-state index in [-0.39, 0.29) is 38.7 Å². The summed E-state index contributed by atoms with van der Waals surface area (Å²) >= 11 is 0. The van der Waals surface area contributed by atoms with Crippen molar-refractivity contribution in [3.8, 4) is 0 Å². The Bertz CT molecular complexity index is 659. The van der Waals surface area contributed by atoms with E-state index in [2.05, 4.69) is 6.58 Å². The van der Waals surface area contributed by atoms with E-state index in [4.69, 9.17) is 4.74 Å². The lowest BCUT2D eigenvalue weighted by molar-refractivity contribution is -0.143. The number of hydrogen-bond acceptors (Lipinski definition) is 5. The zero-order chi connectivity index (χ0) is 21.1. The van der Waals surface area contributed by atoms with Crippen molar-refractivity contribution < 1.29 is 28.8 Å². The van der Waals surface area contributed by atoms with Crippen LogP contribution in [0, 0.1) is 5.92 Å². The lowest BCUT2D eigenvalue weighted by Crippen LogP contribution is -2.52. The molecular formula is C18H28N3O6P. The summed E-state index contributed by atoms with van der Waals surface area (Å²) in [7, 11) is 1.44. The van der Waals surface area contributed by atoms with Crippen molar-refractivity contribution in [2.75, 3.05) is 33.4 Å². The molecule has 0 bridgehead atoms. The van der Waals surface area contributed by atoms with Crippen molar-refractivity contribution in [1.29, 1.82) is 0 Å². The Hall–Kier alpha value is -1.99. The lowest BCUT2D eigenvalue weighted by Gasteiger charge is -2.33. The molecule has 0 aromatic heterocycles. The van der Waals surface area contributed by atoms with E-state index in [1.165, 1.54) is 22.9 Å². The highest BCUT2D eigenvalue weighted by atomic mass is 31.1. The molecule has 2 unspecified atom stereocenters. The SMILES string of the molecule is C=CC(=O)N1CO[C@@]2(CCN(C(=O)N(C)[C@H](C(=O)O)C(C)CC(C)P=O)C2)C1. The smallest absolute Gasteiger partial charge is 0.326 e. The largest absolute Gasteiger partial charge is 0.480 e. The van der Waals surface area contributed by atoms with Gasteiger partial charge < -0.3 is 24.5 Å². The molecule has 2 aliphatic rings. The van der Waals surface area contributed by atoms with Gasteiger partial charge in [0.1, 0.15) is 18.4 Å². The molecule has 1 spiro atoms. The van der Waals surface area contributed by atoms with Crippen molar-refractivity contribution >= 4 is 26.4 Å². The molecule has 28 heavy (non-hydrogen) atoms. The van der Waals surface area contributed by atoms with Crippen molar-refractivity contribution in [2.24, 2.45) is 5.92 Å². The van der Waals surface area contributed by atoms with Gasteiger partial charge in [0.15, 0.2) is 8.46 Å². The van der Waals surface area contributed by atoms with Gasteiger partial charge in [-0.3, -0.25) is 9.36 Å². The molecule has 2 saturated heterocycles. The first-order valence-electron chi connectivity index (χ1n) is 9.26. The molecule has 10 heteroatoms. The molecule has 156 valence electrons. The predicted octanol–water partition coefficient (Wildman–Crippen LogP) is 1.64. The van der Waals surface area contributed by atoms with Crippen LogP contribution in [0.4, 0.5) is 4.79 Å². The molecule has 3 amide bonds. The number of likely N-dealkylation sites (N-methyl/N-ethyl adjacent to an activating group) is 1. The zero-order valence-electron chi connectivity index (χ0n) is 16.5. The fourth-order valence-electron chi connectivity index (χ4n) is 4.02. The maximum absolute atomic E-state index is 12.9. The Labute approximate surface area is 166 Å². The third-order valence-electron chi connectivity index (χ3n) is 5.48. The molecule has 9 nitrogen and oxygen atoms in total. The van der Waals surface area contributed by atoms with Crippen molar-refractivity contribution in [2.45, 2.75) is 44.0 Å². The van der Waals surface area contributed by atoms with E-state index in [1.807, 2.05) is 0 Å². The van der Waals surface area contributed by atoms with E-state index >= 15 is 0 Å². The molecule has 0 aromatic carbocycles. The summed E-state index contributed by atoms with van der Waals surface area (Å²) in [6.45, 7) is 8.24. The first kappa shape index (κ1) is 22.3. The number of carboxylic acid groups (broad SMARTS) is 1. The van der Waals surface area contributed by atoms with Crippen LogP contribution in [0.15, 0.2) is 12.7 Å². The van der Waals surface area contributed by atoms with Crippen LogP contribution in [0.5, 0.6) is 0 Å². The van der Waals surface area contributed by atoms with Crippen LogP contribution >= 0.6 is 8.46 Å². The molecule has 0 radical (unpaired) electrons. The third-order valence-corrected chi connectivity index (χ3v) is 6.05. The van der Waals surface area contributed by atoms with Crippen LogP contribution in [0.25, 0.3) is 0 Å². The van der Waals surface area contributed by atoms with E-state index in [1.54, 1.807) is 18.7 Å². The summed E-state index contributed by atoms with van der Waals surface area (Å²) in [6.07, 6.45) is 2.23. The molecule has 0 aromatic rings. The number of urea groups is 1. The highest BCUT2D eigenvalue weighted by molar-refractivity contribution is 7.24. The van der Waals surface area contributed by atoms with Gasteiger partial charge in [-0.1, -0.05) is 20.4 Å². The van der Waals surface area contributed by atoms with Crippen molar-refractivity contribution in [1.82, 2.24) is 14.7 Å². The number of rotatable bonds is 7. The molecule has 4 atom stereocenters. The molecule has 0 aliphatic carbocycles. The van der Waals surface area contributed by atoms with Crippen molar-refractivity contribution in [3.63, 3.8) is 0 Å².